The van der Waals surface area contributed by atoms with Crippen LogP contribution in [0.3, 0.4) is 0 Å². The highest BCUT2D eigenvalue weighted by molar-refractivity contribution is 7.92. The summed E-state index contributed by atoms with van der Waals surface area (Å²) in [5.74, 6) is -0.543. The topological polar surface area (TPSA) is 85.4 Å². The number of nitrogens with zero attached hydrogens (tertiary/aromatic N) is 1. The molecule has 18 heavy (non-hydrogen) atoms. The number of nitrogens with one attached hydrogen (secondary N) is 1. The fourth-order valence-corrected chi connectivity index (χ4v) is 2.45. The van der Waals surface area contributed by atoms with E-state index in [9.17, 15) is 13.2 Å². The van der Waals surface area contributed by atoms with E-state index in [1.807, 2.05) is 6.92 Å². The van der Waals surface area contributed by atoms with E-state index in [2.05, 4.69) is 14.4 Å². The van der Waals surface area contributed by atoms with Crippen LogP contribution in [0, 0.1) is 6.92 Å². The van der Waals surface area contributed by atoms with Crippen molar-refractivity contribution in [1.82, 2.24) is 4.98 Å². The van der Waals surface area contributed by atoms with Crippen LogP contribution in [0.2, 0.25) is 0 Å². The molecule has 1 N–H and O–H groups in total. The van der Waals surface area contributed by atoms with E-state index in [4.69, 9.17) is 0 Å². The van der Waals surface area contributed by atoms with Gasteiger partial charge in [-0.2, -0.15) is 0 Å². The van der Waals surface area contributed by atoms with Gasteiger partial charge in [0.05, 0.1) is 24.7 Å². The largest absolute Gasteiger partial charge is 0.469 e. The van der Waals surface area contributed by atoms with Crippen LogP contribution < -0.4 is 4.72 Å². The third-order valence-corrected chi connectivity index (χ3v) is 3.54. The molecule has 7 heteroatoms. The van der Waals surface area contributed by atoms with Gasteiger partial charge in [-0.1, -0.05) is 0 Å². The number of aryl methyl sites for hydroxylation is 1. The zero-order valence-corrected chi connectivity index (χ0v) is 11.2. The van der Waals surface area contributed by atoms with E-state index in [1.54, 1.807) is 12.3 Å². The molecule has 0 atom stereocenters. The first-order valence-corrected chi connectivity index (χ1v) is 7.07. The molecule has 0 aliphatic carbocycles. The number of ether oxygens (including phenoxy) is 1. The Kier molecular flexibility index (Phi) is 5.08. The van der Waals surface area contributed by atoms with Gasteiger partial charge in [-0.05, 0) is 25.0 Å². The Labute approximate surface area is 106 Å². The van der Waals surface area contributed by atoms with Crippen molar-refractivity contribution in [2.24, 2.45) is 0 Å². The van der Waals surface area contributed by atoms with Gasteiger partial charge in [-0.25, -0.2) is 8.42 Å². The summed E-state index contributed by atoms with van der Waals surface area (Å²) in [5, 5.41) is 0. The molecular formula is C11H16N2O4S. The molecule has 1 aromatic rings. The van der Waals surface area contributed by atoms with Gasteiger partial charge in [0.15, 0.2) is 0 Å². The predicted molar refractivity (Wildman–Crippen MR) is 67.6 cm³/mol. The van der Waals surface area contributed by atoms with Crippen molar-refractivity contribution in [3.8, 4) is 0 Å². The molecule has 0 saturated heterocycles. The highest BCUT2D eigenvalue weighted by Gasteiger charge is 2.12. The molecular weight excluding hydrogens is 256 g/mol. The normalized spacial score (nSPS) is 11.0. The van der Waals surface area contributed by atoms with E-state index in [-0.39, 0.29) is 18.6 Å². The van der Waals surface area contributed by atoms with Crippen LogP contribution in [0.1, 0.15) is 18.4 Å². The lowest BCUT2D eigenvalue weighted by Gasteiger charge is -2.07. The molecule has 0 amide bonds. The van der Waals surface area contributed by atoms with E-state index >= 15 is 0 Å². The number of carbonyl (C=O) groups is 1. The number of carbonyl (C=O) groups excluding carboxylic acids is 1. The lowest BCUT2D eigenvalue weighted by Crippen LogP contribution is -2.17. The number of hydrogen-bond donors (Lipinski definition) is 1. The van der Waals surface area contributed by atoms with Gasteiger partial charge >= 0.3 is 5.97 Å². The van der Waals surface area contributed by atoms with E-state index in [0.717, 1.165) is 5.56 Å². The maximum Gasteiger partial charge on any atom is 0.305 e. The minimum Gasteiger partial charge on any atom is -0.469 e. The summed E-state index contributed by atoms with van der Waals surface area (Å²) >= 11 is 0. The molecule has 0 radical (unpaired) electrons. The Bertz CT molecular complexity index is 514. The first-order valence-electron chi connectivity index (χ1n) is 5.42. The Hall–Kier alpha value is -1.63. The summed E-state index contributed by atoms with van der Waals surface area (Å²) in [7, 11) is -2.18. The highest BCUT2D eigenvalue weighted by atomic mass is 32.2. The van der Waals surface area contributed by atoms with Crippen LogP contribution in [0.15, 0.2) is 18.5 Å². The van der Waals surface area contributed by atoms with Crippen molar-refractivity contribution in [3.05, 3.63) is 24.0 Å². The first kappa shape index (κ1) is 14.4. The third-order valence-electron chi connectivity index (χ3n) is 2.17. The third kappa shape index (κ3) is 5.13. The van der Waals surface area contributed by atoms with Crippen molar-refractivity contribution < 1.29 is 17.9 Å². The van der Waals surface area contributed by atoms with Crippen molar-refractivity contribution in [2.45, 2.75) is 19.8 Å². The molecule has 6 nitrogen and oxygen atoms in total. The summed E-state index contributed by atoms with van der Waals surface area (Å²) in [6, 6.07) is 1.69. The number of methoxy groups -OCH3 is 1. The van der Waals surface area contributed by atoms with Crippen molar-refractivity contribution in [2.75, 3.05) is 17.6 Å². The number of hydrogen-bond acceptors (Lipinski definition) is 5. The molecule has 100 valence electrons. The molecule has 0 spiro atoms. The minimum atomic E-state index is -3.45. The fourth-order valence-electron chi connectivity index (χ4n) is 1.35. The summed E-state index contributed by atoms with van der Waals surface area (Å²) in [6.45, 7) is 1.82. The quantitative estimate of drug-likeness (QED) is 0.783. The Morgan fingerprint density at radius 2 is 2.17 bits per heavy atom. The number of anilines is 1. The number of aromatic nitrogens is 1. The molecule has 1 rings (SSSR count). The number of sulfonamides is 1. The van der Waals surface area contributed by atoms with Crippen LogP contribution in [-0.2, 0) is 19.6 Å². The van der Waals surface area contributed by atoms with Crippen LogP contribution in [0.5, 0.6) is 0 Å². The molecule has 0 aliphatic heterocycles. The van der Waals surface area contributed by atoms with Gasteiger partial charge < -0.3 is 4.74 Å². The van der Waals surface area contributed by atoms with E-state index in [1.165, 1.54) is 13.3 Å². The summed E-state index contributed by atoms with van der Waals surface area (Å²) < 4.78 is 30.2. The number of esters is 1. The van der Waals surface area contributed by atoms with Crippen LogP contribution >= 0.6 is 0 Å². The smallest absolute Gasteiger partial charge is 0.305 e. The lowest BCUT2D eigenvalue weighted by molar-refractivity contribution is -0.140. The van der Waals surface area contributed by atoms with Crippen LogP contribution in [-0.4, -0.2) is 32.2 Å². The molecule has 0 fully saturated rings. The van der Waals surface area contributed by atoms with Crippen LogP contribution in [0.4, 0.5) is 5.69 Å². The Balaban J connectivity index is 2.52. The lowest BCUT2D eigenvalue weighted by atomic mass is 10.3. The second-order valence-corrected chi connectivity index (χ2v) is 5.69. The average Bonchev–Trinajstić information content (AvgIpc) is 2.27. The van der Waals surface area contributed by atoms with Gasteiger partial charge in [0.1, 0.15) is 0 Å². The standard InChI is InChI=1S/C11H16N2O4S/c1-9-6-10(8-12-7-9)13-18(15,16)5-3-4-11(14)17-2/h6-8,13H,3-5H2,1-2H3. The maximum absolute atomic E-state index is 11.7. The minimum absolute atomic E-state index is 0.0868. The Morgan fingerprint density at radius 3 is 2.78 bits per heavy atom. The molecule has 1 heterocycles. The molecule has 0 saturated carbocycles. The fraction of sp³-hybridized carbons (Fsp3) is 0.455. The number of pyridine rings is 1. The summed E-state index contributed by atoms with van der Waals surface area (Å²) in [5.41, 5.74) is 1.29. The SMILES string of the molecule is COC(=O)CCCS(=O)(=O)Nc1cncc(C)c1. The second kappa shape index (κ2) is 6.34. The summed E-state index contributed by atoms with van der Waals surface area (Å²) in [4.78, 5) is 14.7. The second-order valence-electron chi connectivity index (χ2n) is 3.85. The molecule has 0 aromatic carbocycles. The molecule has 0 aliphatic rings. The van der Waals surface area contributed by atoms with Gasteiger partial charge in [0, 0.05) is 12.6 Å². The first-order chi connectivity index (χ1) is 8.43. The molecule has 1 aromatic heterocycles. The van der Waals surface area contributed by atoms with Gasteiger partial charge in [0.25, 0.3) is 0 Å². The van der Waals surface area contributed by atoms with Crippen LogP contribution in [0.25, 0.3) is 0 Å². The van der Waals surface area contributed by atoms with Crippen molar-refractivity contribution >= 4 is 21.7 Å². The highest BCUT2D eigenvalue weighted by Crippen LogP contribution is 2.10. The van der Waals surface area contributed by atoms with E-state index in [0.29, 0.717) is 5.69 Å². The predicted octanol–water partition coefficient (Wildman–Crippen LogP) is 1.08. The van der Waals surface area contributed by atoms with Crippen molar-refractivity contribution in [3.63, 3.8) is 0 Å². The maximum atomic E-state index is 11.7. The van der Waals surface area contributed by atoms with Gasteiger partial charge in [-0.3, -0.25) is 14.5 Å². The zero-order valence-electron chi connectivity index (χ0n) is 10.3. The molecule has 0 unspecified atom stereocenters. The zero-order chi connectivity index (χ0) is 13.6. The number of rotatable bonds is 6. The van der Waals surface area contributed by atoms with Crippen molar-refractivity contribution in [1.29, 1.82) is 0 Å². The van der Waals surface area contributed by atoms with E-state index < -0.39 is 16.0 Å². The molecule has 0 bridgehead atoms. The van der Waals surface area contributed by atoms with Gasteiger partial charge in [-0.15, -0.1) is 0 Å². The Morgan fingerprint density at radius 1 is 1.44 bits per heavy atom. The van der Waals surface area contributed by atoms with Gasteiger partial charge in [0.2, 0.25) is 10.0 Å². The summed E-state index contributed by atoms with van der Waals surface area (Å²) in [6.07, 6.45) is 3.38. The average molecular weight is 272 g/mol. The monoisotopic (exact) mass is 272 g/mol.